The maximum atomic E-state index is 5.89. The Morgan fingerprint density at radius 1 is 1.50 bits per heavy atom. The number of halogens is 1. The molecular weight excluding hydrogens is 242 g/mol. The molecule has 1 unspecified atom stereocenters. The van der Waals surface area contributed by atoms with E-state index in [0.717, 1.165) is 30.5 Å². The van der Waals surface area contributed by atoms with E-state index >= 15 is 0 Å². The number of hydrogen-bond acceptors (Lipinski definition) is 3. The summed E-state index contributed by atoms with van der Waals surface area (Å²) in [5.41, 5.74) is 1.25. The summed E-state index contributed by atoms with van der Waals surface area (Å²) in [7, 11) is 0. The van der Waals surface area contributed by atoms with Crippen LogP contribution >= 0.6 is 22.9 Å². The standard InChI is InChI=1S/C12H20ClNOS/c1-3-4-6-15-7-5-14-10(2)11-8-12(13)16-9-11/h8-10,14H,3-7H2,1-2H3. The Hall–Kier alpha value is -0.0900. The Kier molecular flexibility index (Phi) is 7.05. The molecule has 1 aromatic heterocycles. The van der Waals surface area contributed by atoms with Crippen LogP contribution in [0.5, 0.6) is 0 Å². The zero-order valence-corrected chi connectivity index (χ0v) is 11.5. The SMILES string of the molecule is CCCCOCCNC(C)c1csc(Cl)c1. The number of thiophene rings is 1. The molecular formula is C12H20ClNOS. The molecule has 0 aliphatic rings. The fraction of sp³-hybridized carbons (Fsp3) is 0.667. The van der Waals surface area contributed by atoms with Gasteiger partial charge in [-0.25, -0.2) is 0 Å². The molecule has 0 aromatic carbocycles. The lowest BCUT2D eigenvalue weighted by Crippen LogP contribution is -2.23. The van der Waals surface area contributed by atoms with E-state index in [4.69, 9.17) is 16.3 Å². The molecule has 0 saturated carbocycles. The van der Waals surface area contributed by atoms with E-state index in [9.17, 15) is 0 Å². The van der Waals surface area contributed by atoms with Gasteiger partial charge in [-0.1, -0.05) is 24.9 Å². The second-order valence-electron chi connectivity index (χ2n) is 3.83. The van der Waals surface area contributed by atoms with Crippen LogP contribution in [0.2, 0.25) is 4.34 Å². The summed E-state index contributed by atoms with van der Waals surface area (Å²) >= 11 is 7.47. The zero-order valence-electron chi connectivity index (χ0n) is 9.96. The number of nitrogens with one attached hydrogen (secondary N) is 1. The quantitative estimate of drug-likeness (QED) is 0.718. The van der Waals surface area contributed by atoms with Crippen LogP contribution in [0.3, 0.4) is 0 Å². The van der Waals surface area contributed by atoms with Crippen molar-refractivity contribution < 1.29 is 4.74 Å². The molecule has 92 valence electrons. The Morgan fingerprint density at radius 2 is 2.31 bits per heavy atom. The van der Waals surface area contributed by atoms with Crippen molar-refractivity contribution in [2.45, 2.75) is 32.7 Å². The Labute approximate surface area is 107 Å². The van der Waals surface area contributed by atoms with Crippen molar-refractivity contribution in [3.8, 4) is 0 Å². The highest BCUT2D eigenvalue weighted by molar-refractivity contribution is 7.14. The molecule has 0 aliphatic carbocycles. The van der Waals surface area contributed by atoms with Crippen LogP contribution in [0.25, 0.3) is 0 Å². The minimum Gasteiger partial charge on any atom is -0.380 e. The lowest BCUT2D eigenvalue weighted by atomic mass is 10.2. The lowest BCUT2D eigenvalue weighted by molar-refractivity contribution is 0.131. The Morgan fingerprint density at radius 3 is 2.94 bits per heavy atom. The molecule has 1 rings (SSSR count). The van der Waals surface area contributed by atoms with E-state index in [1.165, 1.54) is 12.0 Å². The van der Waals surface area contributed by atoms with Gasteiger partial charge in [0.1, 0.15) is 0 Å². The number of hydrogen-bond donors (Lipinski definition) is 1. The van der Waals surface area contributed by atoms with Gasteiger partial charge in [-0.05, 0) is 30.4 Å². The van der Waals surface area contributed by atoms with Gasteiger partial charge in [0.15, 0.2) is 0 Å². The minimum atomic E-state index is 0.346. The van der Waals surface area contributed by atoms with Crippen molar-refractivity contribution in [3.05, 3.63) is 21.3 Å². The maximum absolute atomic E-state index is 5.89. The Balaban J connectivity index is 2.09. The average Bonchev–Trinajstić information content (AvgIpc) is 2.70. The third kappa shape index (κ3) is 5.30. The Bertz CT molecular complexity index is 290. The second-order valence-corrected chi connectivity index (χ2v) is 5.37. The van der Waals surface area contributed by atoms with Gasteiger partial charge in [0.2, 0.25) is 0 Å². The van der Waals surface area contributed by atoms with E-state index in [1.807, 2.05) is 6.07 Å². The molecule has 4 heteroatoms. The molecule has 0 saturated heterocycles. The van der Waals surface area contributed by atoms with Crippen LogP contribution in [0, 0.1) is 0 Å². The monoisotopic (exact) mass is 261 g/mol. The maximum Gasteiger partial charge on any atom is 0.0931 e. The van der Waals surface area contributed by atoms with Gasteiger partial charge in [0, 0.05) is 19.2 Å². The van der Waals surface area contributed by atoms with Crippen molar-refractivity contribution in [2.75, 3.05) is 19.8 Å². The van der Waals surface area contributed by atoms with Gasteiger partial charge in [0.25, 0.3) is 0 Å². The molecule has 0 aliphatic heterocycles. The van der Waals surface area contributed by atoms with Crippen molar-refractivity contribution in [1.82, 2.24) is 5.32 Å². The third-order valence-electron chi connectivity index (χ3n) is 2.43. The van der Waals surface area contributed by atoms with E-state index in [-0.39, 0.29) is 0 Å². The molecule has 1 aromatic rings. The van der Waals surface area contributed by atoms with E-state index < -0.39 is 0 Å². The van der Waals surface area contributed by atoms with E-state index in [1.54, 1.807) is 11.3 Å². The predicted octanol–water partition coefficient (Wildman–Crippen LogP) is 3.87. The molecule has 16 heavy (non-hydrogen) atoms. The first-order chi connectivity index (χ1) is 7.74. The summed E-state index contributed by atoms with van der Waals surface area (Å²) in [6.07, 6.45) is 2.34. The smallest absolute Gasteiger partial charge is 0.0931 e. The molecule has 0 fully saturated rings. The fourth-order valence-electron chi connectivity index (χ4n) is 1.36. The average molecular weight is 262 g/mol. The van der Waals surface area contributed by atoms with Gasteiger partial charge in [-0.15, -0.1) is 11.3 Å². The summed E-state index contributed by atoms with van der Waals surface area (Å²) in [6.45, 7) is 6.85. The normalized spacial score (nSPS) is 12.9. The highest BCUT2D eigenvalue weighted by atomic mass is 35.5. The first-order valence-corrected chi connectivity index (χ1v) is 7.05. The van der Waals surface area contributed by atoms with Gasteiger partial charge in [-0.2, -0.15) is 0 Å². The van der Waals surface area contributed by atoms with Crippen LogP contribution < -0.4 is 5.32 Å². The summed E-state index contributed by atoms with van der Waals surface area (Å²) in [5.74, 6) is 0. The van der Waals surface area contributed by atoms with Crippen molar-refractivity contribution in [1.29, 1.82) is 0 Å². The van der Waals surface area contributed by atoms with Crippen molar-refractivity contribution in [3.63, 3.8) is 0 Å². The summed E-state index contributed by atoms with van der Waals surface area (Å²) in [4.78, 5) is 0. The first-order valence-electron chi connectivity index (χ1n) is 5.79. The van der Waals surface area contributed by atoms with Gasteiger partial charge in [0.05, 0.1) is 10.9 Å². The highest BCUT2D eigenvalue weighted by Gasteiger charge is 2.06. The van der Waals surface area contributed by atoms with Crippen LogP contribution in [-0.4, -0.2) is 19.8 Å². The molecule has 2 nitrogen and oxygen atoms in total. The molecule has 0 bridgehead atoms. The summed E-state index contributed by atoms with van der Waals surface area (Å²) in [6, 6.07) is 2.36. The third-order valence-corrected chi connectivity index (χ3v) is 3.54. The number of unbranched alkanes of at least 4 members (excludes halogenated alkanes) is 1. The van der Waals surface area contributed by atoms with E-state index in [2.05, 4.69) is 24.5 Å². The largest absolute Gasteiger partial charge is 0.380 e. The lowest BCUT2D eigenvalue weighted by Gasteiger charge is -2.12. The fourth-order valence-corrected chi connectivity index (χ4v) is 2.35. The van der Waals surface area contributed by atoms with Gasteiger partial charge >= 0.3 is 0 Å². The van der Waals surface area contributed by atoms with Gasteiger partial charge in [-0.3, -0.25) is 0 Å². The molecule has 0 amide bonds. The van der Waals surface area contributed by atoms with Crippen LogP contribution in [-0.2, 0) is 4.74 Å². The van der Waals surface area contributed by atoms with Crippen molar-refractivity contribution >= 4 is 22.9 Å². The predicted molar refractivity (Wildman–Crippen MR) is 71.5 cm³/mol. The van der Waals surface area contributed by atoms with Crippen LogP contribution in [0.15, 0.2) is 11.4 Å². The summed E-state index contributed by atoms with van der Waals surface area (Å²) < 4.78 is 6.33. The second kappa shape index (κ2) is 8.07. The number of ether oxygens (including phenoxy) is 1. The molecule has 1 N–H and O–H groups in total. The highest BCUT2D eigenvalue weighted by Crippen LogP contribution is 2.24. The van der Waals surface area contributed by atoms with Crippen LogP contribution in [0.1, 0.15) is 38.3 Å². The first kappa shape index (κ1) is 14.0. The topological polar surface area (TPSA) is 21.3 Å². The van der Waals surface area contributed by atoms with Crippen LogP contribution in [0.4, 0.5) is 0 Å². The summed E-state index contributed by atoms with van der Waals surface area (Å²) in [5, 5.41) is 5.51. The molecule has 1 heterocycles. The zero-order chi connectivity index (χ0) is 11.8. The number of rotatable bonds is 8. The molecule has 1 atom stereocenters. The minimum absolute atomic E-state index is 0.346. The molecule has 0 spiro atoms. The van der Waals surface area contributed by atoms with Gasteiger partial charge < -0.3 is 10.1 Å². The van der Waals surface area contributed by atoms with Crippen molar-refractivity contribution in [2.24, 2.45) is 0 Å². The molecule has 0 radical (unpaired) electrons. The van der Waals surface area contributed by atoms with E-state index in [0.29, 0.717) is 6.04 Å².